The lowest BCUT2D eigenvalue weighted by molar-refractivity contribution is -0.385. The van der Waals surface area contributed by atoms with Crippen molar-refractivity contribution in [2.24, 2.45) is 0 Å². The summed E-state index contributed by atoms with van der Waals surface area (Å²) in [6, 6.07) is 10.4. The van der Waals surface area contributed by atoms with Crippen molar-refractivity contribution in [2.45, 2.75) is 6.92 Å². The second-order valence-corrected chi connectivity index (χ2v) is 4.39. The number of rotatable bonds is 4. The van der Waals surface area contributed by atoms with Crippen molar-refractivity contribution in [3.63, 3.8) is 0 Å². The summed E-state index contributed by atoms with van der Waals surface area (Å²) < 4.78 is 0. The van der Waals surface area contributed by atoms with Gasteiger partial charge < -0.3 is 5.32 Å². The molecule has 1 aromatic heterocycles. The van der Waals surface area contributed by atoms with Gasteiger partial charge in [0.15, 0.2) is 0 Å². The Morgan fingerprint density at radius 3 is 2.52 bits per heavy atom. The highest BCUT2D eigenvalue weighted by Gasteiger charge is 2.06. The van der Waals surface area contributed by atoms with Crippen LogP contribution >= 0.6 is 0 Å². The predicted octanol–water partition coefficient (Wildman–Crippen LogP) is 2.95. The summed E-state index contributed by atoms with van der Waals surface area (Å²) in [5.74, 6) is -0.0870. The van der Waals surface area contributed by atoms with E-state index in [0.717, 1.165) is 17.3 Å². The summed E-state index contributed by atoms with van der Waals surface area (Å²) in [5.41, 5.74) is 1.93. The summed E-state index contributed by atoms with van der Waals surface area (Å²) in [7, 11) is 0. The number of benzene rings is 1. The molecule has 106 valence electrons. The van der Waals surface area contributed by atoms with Crippen molar-refractivity contribution in [3.05, 3.63) is 69.9 Å². The van der Waals surface area contributed by atoms with Crippen LogP contribution in [0, 0.1) is 17.0 Å². The molecule has 0 bridgehead atoms. The Balaban J connectivity index is 1.98. The van der Waals surface area contributed by atoms with Gasteiger partial charge in [0.2, 0.25) is 5.91 Å². The largest absolute Gasteiger partial charge is 0.307 e. The summed E-state index contributed by atoms with van der Waals surface area (Å²) >= 11 is 0. The molecule has 6 heteroatoms. The minimum atomic E-state index is -0.546. The Kier molecular flexibility index (Phi) is 4.40. The van der Waals surface area contributed by atoms with Gasteiger partial charge in [0.25, 0.3) is 5.69 Å². The van der Waals surface area contributed by atoms with E-state index in [4.69, 9.17) is 0 Å². The number of hydrogen-bond acceptors (Lipinski definition) is 4. The molecule has 6 nitrogen and oxygen atoms in total. The topological polar surface area (TPSA) is 85.1 Å². The van der Waals surface area contributed by atoms with Crippen LogP contribution in [0.4, 0.5) is 11.5 Å². The van der Waals surface area contributed by atoms with Gasteiger partial charge in [-0.1, -0.05) is 29.8 Å². The maximum absolute atomic E-state index is 11.7. The number of carbonyl (C=O) groups excluding carboxylic acids is 1. The van der Waals surface area contributed by atoms with Gasteiger partial charge in [-0.2, -0.15) is 0 Å². The van der Waals surface area contributed by atoms with Crippen molar-refractivity contribution in [1.82, 2.24) is 4.98 Å². The number of hydrogen-bond donors (Lipinski definition) is 1. The van der Waals surface area contributed by atoms with Gasteiger partial charge in [0, 0.05) is 12.1 Å². The number of amides is 1. The Morgan fingerprint density at radius 2 is 1.95 bits per heavy atom. The van der Waals surface area contributed by atoms with E-state index in [1.54, 1.807) is 6.08 Å². The van der Waals surface area contributed by atoms with Crippen LogP contribution in [0.25, 0.3) is 6.08 Å². The van der Waals surface area contributed by atoms with Gasteiger partial charge in [0.05, 0.1) is 4.92 Å². The van der Waals surface area contributed by atoms with E-state index in [-0.39, 0.29) is 17.4 Å². The van der Waals surface area contributed by atoms with Crippen LogP contribution in [0.15, 0.2) is 48.7 Å². The van der Waals surface area contributed by atoms with Gasteiger partial charge >= 0.3 is 0 Å². The van der Waals surface area contributed by atoms with Crippen LogP contribution in [-0.2, 0) is 4.79 Å². The second-order valence-electron chi connectivity index (χ2n) is 4.39. The SMILES string of the molecule is Cc1ccc(/C=C/C(=O)Nc2ccc([N+](=O)[O-])cn2)cc1. The number of aromatic nitrogens is 1. The quantitative estimate of drug-likeness (QED) is 0.531. The smallest absolute Gasteiger partial charge is 0.287 e. The lowest BCUT2D eigenvalue weighted by Gasteiger charge is -2.00. The monoisotopic (exact) mass is 283 g/mol. The van der Waals surface area contributed by atoms with E-state index >= 15 is 0 Å². The summed E-state index contributed by atoms with van der Waals surface area (Å²) in [4.78, 5) is 25.4. The molecule has 0 fully saturated rings. The molecule has 0 radical (unpaired) electrons. The number of anilines is 1. The number of aryl methyl sites for hydroxylation is 1. The van der Waals surface area contributed by atoms with Gasteiger partial charge in [-0.15, -0.1) is 0 Å². The molecule has 0 saturated carbocycles. The molecular weight excluding hydrogens is 270 g/mol. The number of nitrogens with one attached hydrogen (secondary N) is 1. The first-order chi connectivity index (χ1) is 10.0. The van der Waals surface area contributed by atoms with E-state index < -0.39 is 4.92 Å². The molecule has 2 rings (SSSR count). The first-order valence-electron chi connectivity index (χ1n) is 6.21. The van der Waals surface area contributed by atoms with Crippen molar-refractivity contribution in [3.8, 4) is 0 Å². The van der Waals surface area contributed by atoms with Gasteiger partial charge in [-0.05, 0) is 24.6 Å². The minimum absolute atomic E-state index is 0.122. The molecule has 0 aliphatic carbocycles. The highest BCUT2D eigenvalue weighted by atomic mass is 16.6. The third kappa shape index (κ3) is 4.24. The molecule has 0 atom stereocenters. The van der Waals surface area contributed by atoms with Gasteiger partial charge in [0.1, 0.15) is 12.0 Å². The fourth-order valence-corrected chi connectivity index (χ4v) is 1.59. The second kappa shape index (κ2) is 6.42. The zero-order valence-corrected chi connectivity index (χ0v) is 11.3. The van der Waals surface area contributed by atoms with Crippen molar-refractivity contribution < 1.29 is 9.72 Å². The molecule has 0 aliphatic rings. The number of pyridine rings is 1. The van der Waals surface area contributed by atoms with Gasteiger partial charge in [-0.25, -0.2) is 4.98 Å². The highest BCUT2D eigenvalue weighted by molar-refractivity contribution is 6.01. The summed E-state index contributed by atoms with van der Waals surface area (Å²) in [5, 5.41) is 13.0. The predicted molar refractivity (Wildman–Crippen MR) is 79.7 cm³/mol. The molecule has 1 N–H and O–H groups in total. The zero-order chi connectivity index (χ0) is 15.2. The average Bonchev–Trinajstić information content (AvgIpc) is 2.47. The van der Waals surface area contributed by atoms with Crippen LogP contribution in [-0.4, -0.2) is 15.8 Å². The molecule has 21 heavy (non-hydrogen) atoms. The molecule has 2 aromatic rings. The normalized spacial score (nSPS) is 10.5. The maximum Gasteiger partial charge on any atom is 0.287 e. The van der Waals surface area contributed by atoms with E-state index in [0.29, 0.717) is 0 Å². The first kappa shape index (κ1) is 14.4. The van der Waals surface area contributed by atoms with Crippen LogP contribution < -0.4 is 5.32 Å². The molecule has 1 aromatic carbocycles. The van der Waals surface area contributed by atoms with Crippen LogP contribution in [0.1, 0.15) is 11.1 Å². The van der Waals surface area contributed by atoms with Crippen molar-refractivity contribution >= 4 is 23.5 Å². The first-order valence-corrected chi connectivity index (χ1v) is 6.21. The third-order valence-electron chi connectivity index (χ3n) is 2.71. The standard InChI is InChI=1S/C15H13N3O3/c1-11-2-4-12(5-3-11)6-9-15(19)17-14-8-7-13(10-16-14)18(20)21/h2-10H,1H3,(H,16,17,19)/b9-6+. The molecule has 1 heterocycles. The fourth-order valence-electron chi connectivity index (χ4n) is 1.59. The fraction of sp³-hybridized carbons (Fsp3) is 0.0667. The highest BCUT2D eigenvalue weighted by Crippen LogP contribution is 2.12. The maximum atomic E-state index is 11.7. The number of nitro groups is 1. The zero-order valence-electron chi connectivity index (χ0n) is 11.3. The summed E-state index contributed by atoms with van der Waals surface area (Å²) in [6.45, 7) is 1.99. The molecule has 0 unspecified atom stereocenters. The van der Waals surface area contributed by atoms with Crippen LogP contribution in [0.5, 0.6) is 0 Å². The van der Waals surface area contributed by atoms with Gasteiger partial charge in [-0.3, -0.25) is 14.9 Å². The molecule has 1 amide bonds. The minimum Gasteiger partial charge on any atom is -0.307 e. The van der Waals surface area contributed by atoms with E-state index in [1.807, 2.05) is 31.2 Å². The van der Waals surface area contributed by atoms with E-state index in [2.05, 4.69) is 10.3 Å². The van der Waals surface area contributed by atoms with Crippen LogP contribution in [0.3, 0.4) is 0 Å². The van der Waals surface area contributed by atoms with E-state index in [9.17, 15) is 14.9 Å². The lowest BCUT2D eigenvalue weighted by Crippen LogP contribution is -2.09. The Morgan fingerprint density at radius 1 is 1.24 bits per heavy atom. The van der Waals surface area contributed by atoms with Crippen molar-refractivity contribution in [1.29, 1.82) is 0 Å². The molecule has 0 aliphatic heterocycles. The Labute approximate surface area is 121 Å². The molecule has 0 spiro atoms. The Hall–Kier alpha value is -3.02. The lowest BCUT2D eigenvalue weighted by atomic mass is 10.1. The number of carbonyl (C=O) groups is 1. The molecular formula is C15H13N3O3. The van der Waals surface area contributed by atoms with Crippen LogP contribution in [0.2, 0.25) is 0 Å². The third-order valence-corrected chi connectivity index (χ3v) is 2.71. The summed E-state index contributed by atoms with van der Waals surface area (Å²) in [6.07, 6.45) is 4.16. The Bertz CT molecular complexity index is 676. The number of nitrogens with zero attached hydrogens (tertiary/aromatic N) is 2. The van der Waals surface area contributed by atoms with Crippen molar-refractivity contribution in [2.75, 3.05) is 5.32 Å². The van der Waals surface area contributed by atoms with E-state index in [1.165, 1.54) is 18.2 Å². The molecule has 0 saturated heterocycles. The average molecular weight is 283 g/mol.